The quantitative estimate of drug-likeness (QED) is 0.400. The van der Waals surface area contributed by atoms with Gasteiger partial charge in [-0.05, 0) is 24.3 Å². The molecule has 4 aromatic rings. The molecule has 0 saturated carbocycles. The SMILES string of the molecule is O=C(CSc1nnc(-c2ccccc2)c(=O)[nH]1)Nc1ccccc1Sc1ccccc1. The Morgan fingerprint density at radius 2 is 1.55 bits per heavy atom. The molecule has 6 nitrogen and oxygen atoms in total. The molecule has 3 aromatic carbocycles. The van der Waals surface area contributed by atoms with Crippen molar-refractivity contribution < 1.29 is 4.79 Å². The molecule has 31 heavy (non-hydrogen) atoms. The largest absolute Gasteiger partial charge is 0.324 e. The standard InChI is InChI=1S/C23H18N4O2S2/c28-20(24-18-13-7-8-14-19(18)31-17-11-5-2-6-12-17)15-30-23-25-22(29)21(26-27-23)16-9-3-1-4-10-16/h1-14H,15H2,(H,24,28)(H,25,27,29). The summed E-state index contributed by atoms with van der Waals surface area (Å²) in [6, 6.07) is 26.7. The molecule has 2 N–H and O–H groups in total. The highest BCUT2D eigenvalue weighted by Gasteiger charge is 2.11. The van der Waals surface area contributed by atoms with Crippen LogP contribution in [0.1, 0.15) is 0 Å². The van der Waals surface area contributed by atoms with E-state index in [2.05, 4.69) is 20.5 Å². The zero-order valence-corrected chi connectivity index (χ0v) is 18.0. The molecular weight excluding hydrogens is 428 g/mol. The number of hydrogen-bond acceptors (Lipinski definition) is 6. The first-order valence-corrected chi connectivity index (χ1v) is 11.3. The molecule has 0 saturated heterocycles. The fourth-order valence-electron chi connectivity index (χ4n) is 2.77. The van der Waals surface area contributed by atoms with Gasteiger partial charge in [-0.1, -0.05) is 84.2 Å². The van der Waals surface area contributed by atoms with Gasteiger partial charge in [-0.2, -0.15) is 0 Å². The summed E-state index contributed by atoms with van der Waals surface area (Å²) < 4.78 is 0. The van der Waals surface area contributed by atoms with Gasteiger partial charge >= 0.3 is 0 Å². The molecule has 1 aromatic heterocycles. The molecule has 0 atom stereocenters. The summed E-state index contributed by atoms with van der Waals surface area (Å²) in [4.78, 5) is 29.5. The number of nitrogens with zero attached hydrogens (tertiary/aromatic N) is 2. The first-order valence-electron chi connectivity index (χ1n) is 9.46. The molecule has 8 heteroatoms. The summed E-state index contributed by atoms with van der Waals surface area (Å²) >= 11 is 2.71. The monoisotopic (exact) mass is 446 g/mol. The maximum Gasteiger partial charge on any atom is 0.278 e. The van der Waals surface area contributed by atoms with Crippen molar-refractivity contribution in [2.24, 2.45) is 0 Å². The van der Waals surface area contributed by atoms with E-state index in [4.69, 9.17) is 0 Å². The zero-order valence-electron chi connectivity index (χ0n) is 16.3. The van der Waals surface area contributed by atoms with Crippen LogP contribution >= 0.6 is 23.5 Å². The Morgan fingerprint density at radius 3 is 2.29 bits per heavy atom. The van der Waals surface area contributed by atoms with Gasteiger partial charge in [0.2, 0.25) is 5.91 Å². The number of hydrogen-bond donors (Lipinski definition) is 2. The molecule has 0 aliphatic carbocycles. The van der Waals surface area contributed by atoms with Crippen LogP contribution in [-0.2, 0) is 4.79 Å². The molecule has 0 spiro atoms. The van der Waals surface area contributed by atoms with Crippen molar-refractivity contribution in [2.75, 3.05) is 11.1 Å². The molecule has 0 bridgehead atoms. The second-order valence-electron chi connectivity index (χ2n) is 6.42. The van der Waals surface area contributed by atoms with Crippen LogP contribution in [0, 0.1) is 0 Å². The predicted molar refractivity (Wildman–Crippen MR) is 124 cm³/mol. The van der Waals surface area contributed by atoms with Gasteiger partial charge in [-0.25, -0.2) is 0 Å². The lowest BCUT2D eigenvalue weighted by Gasteiger charge is -2.10. The number of amides is 1. The van der Waals surface area contributed by atoms with Gasteiger partial charge in [0.15, 0.2) is 10.9 Å². The Hall–Kier alpha value is -3.36. The van der Waals surface area contributed by atoms with Crippen molar-refractivity contribution in [2.45, 2.75) is 14.9 Å². The molecule has 1 heterocycles. The molecule has 0 aliphatic heterocycles. The van der Waals surface area contributed by atoms with Gasteiger partial charge in [0, 0.05) is 15.4 Å². The Labute approximate surface area is 187 Å². The molecule has 1 amide bonds. The second-order valence-corrected chi connectivity index (χ2v) is 8.50. The lowest BCUT2D eigenvalue weighted by Crippen LogP contribution is -2.17. The average Bonchev–Trinajstić information content (AvgIpc) is 2.80. The van der Waals surface area contributed by atoms with Crippen molar-refractivity contribution in [1.29, 1.82) is 0 Å². The van der Waals surface area contributed by atoms with Crippen LogP contribution in [0.4, 0.5) is 5.69 Å². The highest BCUT2D eigenvalue weighted by Crippen LogP contribution is 2.33. The zero-order chi connectivity index (χ0) is 21.5. The first kappa shape index (κ1) is 20.9. The number of para-hydroxylation sites is 1. The van der Waals surface area contributed by atoms with E-state index in [0.29, 0.717) is 10.7 Å². The van der Waals surface area contributed by atoms with Crippen molar-refractivity contribution in [1.82, 2.24) is 15.2 Å². The number of aromatic nitrogens is 3. The van der Waals surface area contributed by atoms with E-state index in [1.54, 1.807) is 23.9 Å². The molecule has 4 rings (SSSR count). The minimum Gasteiger partial charge on any atom is -0.324 e. The fraction of sp³-hybridized carbons (Fsp3) is 0.0435. The number of anilines is 1. The number of aromatic amines is 1. The van der Waals surface area contributed by atoms with E-state index in [9.17, 15) is 9.59 Å². The lowest BCUT2D eigenvalue weighted by atomic mass is 10.2. The number of nitrogens with one attached hydrogen (secondary N) is 2. The van der Waals surface area contributed by atoms with Gasteiger partial charge in [-0.3, -0.25) is 14.6 Å². The summed E-state index contributed by atoms with van der Waals surface area (Å²) in [6.45, 7) is 0. The Morgan fingerprint density at radius 1 is 0.871 bits per heavy atom. The third-order valence-electron chi connectivity index (χ3n) is 4.20. The number of benzene rings is 3. The molecule has 0 aliphatic rings. The summed E-state index contributed by atoms with van der Waals surface area (Å²) in [7, 11) is 0. The molecule has 0 radical (unpaired) electrons. The lowest BCUT2D eigenvalue weighted by molar-refractivity contribution is -0.113. The third-order valence-corrected chi connectivity index (χ3v) is 6.14. The van der Waals surface area contributed by atoms with Gasteiger partial charge in [0.05, 0.1) is 11.4 Å². The maximum atomic E-state index is 12.5. The van der Waals surface area contributed by atoms with Crippen molar-refractivity contribution in [3.8, 4) is 11.3 Å². The Balaban J connectivity index is 1.39. The molecule has 0 fully saturated rings. The highest BCUT2D eigenvalue weighted by atomic mass is 32.2. The minimum absolute atomic E-state index is 0.0969. The maximum absolute atomic E-state index is 12.5. The number of carbonyl (C=O) groups is 1. The van der Waals surface area contributed by atoms with Crippen LogP contribution < -0.4 is 10.9 Å². The van der Waals surface area contributed by atoms with E-state index in [-0.39, 0.29) is 22.9 Å². The van der Waals surface area contributed by atoms with Crippen LogP contribution in [0.3, 0.4) is 0 Å². The summed E-state index contributed by atoms with van der Waals surface area (Å²) in [5.74, 6) is -0.0967. The second kappa shape index (κ2) is 10.1. The van der Waals surface area contributed by atoms with Crippen LogP contribution in [-0.4, -0.2) is 26.8 Å². The topological polar surface area (TPSA) is 87.7 Å². The van der Waals surface area contributed by atoms with Gasteiger partial charge in [0.25, 0.3) is 5.56 Å². The van der Waals surface area contributed by atoms with Gasteiger partial charge in [0.1, 0.15) is 0 Å². The molecular formula is C23H18N4O2S2. The summed E-state index contributed by atoms with van der Waals surface area (Å²) in [5, 5.41) is 11.3. The predicted octanol–water partition coefficient (Wildman–Crippen LogP) is 4.71. The highest BCUT2D eigenvalue weighted by molar-refractivity contribution is 8.00. The van der Waals surface area contributed by atoms with E-state index >= 15 is 0 Å². The van der Waals surface area contributed by atoms with Crippen LogP contribution in [0.25, 0.3) is 11.3 Å². The minimum atomic E-state index is -0.339. The van der Waals surface area contributed by atoms with Crippen LogP contribution in [0.2, 0.25) is 0 Å². The van der Waals surface area contributed by atoms with Crippen LogP contribution in [0.15, 0.2) is 105 Å². The average molecular weight is 447 g/mol. The van der Waals surface area contributed by atoms with Gasteiger partial charge in [-0.15, -0.1) is 10.2 Å². The van der Waals surface area contributed by atoms with Crippen LogP contribution in [0.5, 0.6) is 0 Å². The number of carbonyl (C=O) groups excluding carboxylic acids is 1. The number of thioether (sulfide) groups is 1. The van der Waals surface area contributed by atoms with E-state index in [1.165, 1.54) is 0 Å². The smallest absolute Gasteiger partial charge is 0.278 e. The van der Waals surface area contributed by atoms with E-state index < -0.39 is 0 Å². The summed E-state index contributed by atoms with van der Waals surface area (Å²) in [5.41, 5.74) is 1.34. The van der Waals surface area contributed by atoms with Crippen molar-refractivity contribution in [3.05, 3.63) is 95.3 Å². The first-order chi connectivity index (χ1) is 15.2. The number of H-pyrrole nitrogens is 1. The number of rotatable bonds is 7. The van der Waals surface area contributed by atoms with Crippen molar-refractivity contribution in [3.63, 3.8) is 0 Å². The van der Waals surface area contributed by atoms with Gasteiger partial charge < -0.3 is 5.32 Å². The molecule has 154 valence electrons. The molecule has 0 unspecified atom stereocenters. The normalized spacial score (nSPS) is 10.6. The van der Waals surface area contributed by atoms with E-state index in [1.807, 2.05) is 72.8 Å². The van der Waals surface area contributed by atoms with Crippen molar-refractivity contribution >= 4 is 35.1 Å². The van der Waals surface area contributed by atoms with E-state index in [0.717, 1.165) is 27.2 Å². The fourth-order valence-corrected chi connectivity index (χ4v) is 4.29. The Bertz CT molecular complexity index is 1230. The third kappa shape index (κ3) is 5.62. The Kier molecular flexibility index (Phi) is 6.81. The summed E-state index contributed by atoms with van der Waals surface area (Å²) in [6.07, 6.45) is 0.